The number of carbonyl (C=O) groups is 1. The normalized spacial score (nSPS) is 18.0. The zero-order valence-corrected chi connectivity index (χ0v) is 16.6. The van der Waals surface area contributed by atoms with Crippen molar-refractivity contribution in [3.63, 3.8) is 0 Å². The van der Waals surface area contributed by atoms with Gasteiger partial charge in [-0.05, 0) is 31.5 Å². The maximum Gasteiger partial charge on any atom is 0.235 e. The van der Waals surface area contributed by atoms with Crippen molar-refractivity contribution >= 4 is 17.5 Å². The number of para-hydroxylation sites is 1. The van der Waals surface area contributed by atoms with E-state index in [1.807, 2.05) is 56.3 Å². The molecule has 148 valence electrons. The second-order valence-corrected chi connectivity index (χ2v) is 7.15. The Morgan fingerprint density at radius 3 is 2.79 bits per heavy atom. The number of nitrogens with one attached hydrogen (secondary N) is 2. The minimum atomic E-state index is -0.610. The summed E-state index contributed by atoms with van der Waals surface area (Å²) in [6, 6.07) is 13.1. The molecule has 0 fully saturated rings. The molecule has 0 saturated heterocycles. The lowest BCUT2D eigenvalue weighted by Gasteiger charge is -2.34. The minimum Gasteiger partial charge on any atom is -0.496 e. The molecule has 2 aromatic carbocycles. The largest absolute Gasteiger partial charge is 0.496 e. The molecule has 7 heteroatoms. The first-order valence-corrected chi connectivity index (χ1v) is 9.36. The van der Waals surface area contributed by atoms with Crippen molar-refractivity contribution in [2.24, 2.45) is 5.92 Å². The standard InChI is InChI=1S/C22H23N5O2/c1-13-9-10-17(14(2)11-13)26-21(28)19-15(3)25-22-23-12-24-27(22)20(19)16-7-5-6-8-18(16)29-4/h5-12,19-20H,3H2,1-2,4H3,(H,26,28)(H,23,24,25)/t19-,20+/m0/s1. The summed E-state index contributed by atoms with van der Waals surface area (Å²) in [4.78, 5) is 17.7. The molecule has 1 aliphatic rings. The maximum atomic E-state index is 13.4. The molecule has 0 aliphatic carbocycles. The van der Waals surface area contributed by atoms with Gasteiger partial charge < -0.3 is 15.4 Å². The second kappa shape index (κ2) is 7.43. The first-order valence-electron chi connectivity index (χ1n) is 9.36. The smallest absolute Gasteiger partial charge is 0.235 e. The van der Waals surface area contributed by atoms with Crippen LogP contribution in [-0.2, 0) is 4.79 Å². The number of ether oxygens (including phenoxy) is 1. The lowest BCUT2D eigenvalue weighted by atomic mass is 9.87. The van der Waals surface area contributed by atoms with Crippen LogP contribution < -0.4 is 15.4 Å². The summed E-state index contributed by atoms with van der Waals surface area (Å²) in [7, 11) is 1.61. The SMILES string of the molecule is C=C1Nc2ncnn2[C@H](c2ccccc2OC)[C@H]1C(=O)Nc1ccc(C)cc1C. The van der Waals surface area contributed by atoms with Crippen LogP contribution in [0.25, 0.3) is 0 Å². The van der Waals surface area contributed by atoms with Crippen LogP contribution in [-0.4, -0.2) is 27.8 Å². The van der Waals surface area contributed by atoms with Crippen LogP contribution in [0.1, 0.15) is 22.7 Å². The Bertz CT molecular complexity index is 1090. The monoisotopic (exact) mass is 389 g/mol. The maximum absolute atomic E-state index is 13.4. The number of hydrogen-bond acceptors (Lipinski definition) is 5. The van der Waals surface area contributed by atoms with Gasteiger partial charge in [0.2, 0.25) is 11.9 Å². The fourth-order valence-electron chi connectivity index (χ4n) is 3.78. The van der Waals surface area contributed by atoms with Gasteiger partial charge in [-0.3, -0.25) is 4.79 Å². The van der Waals surface area contributed by atoms with Crippen molar-refractivity contribution < 1.29 is 9.53 Å². The Morgan fingerprint density at radius 2 is 2.03 bits per heavy atom. The fourth-order valence-corrected chi connectivity index (χ4v) is 3.78. The van der Waals surface area contributed by atoms with Gasteiger partial charge in [-0.15, -0.1) is 0 Å². The topological polar surface area (TPSA) is 81.1 Å². The van der Waals surface area contributed by atoms with Crippen molar-refractivity contribution in [3.8, 4) is 5.75 Å². The van der Waals surface area contributed by atoms with Gasteiger partial charge in [-0.2, -0.15) is 10.1 Å². The average molecular weight is 389 g/mol. The lowest BCUT2D eigenvalue weighted by molar-refractivity contribution is -0.119. The van der Waals surface area contributed by atoms with E-state index in [2.05, 4.69) is 27.3 Å². The summed E-state index contributed by atoms with van der Waals surface area (Å²) < 4.78 is 7.27. The van der Waals surface area contributed by atoms with Crippen LogP contribution in [0.5, 0.6) is 5.75 Å². The Labute approximate surface area is 169 Å². The van der Waals surface area contributed by atoms with Crippen LogP contribution in [0.4, 0.5) is 11.6 Å². The number of nitrogens with zero attached hydrogens (tertiary/aromatic N) is 3. The van der Waals surface area contributed by atoms with Gasteiger partial charge in [-0.1, -0.05) is 42.5 Å². The van der Waals surface area contributed by atoms with Gasteiger partial charge in [0.25, 0.3) is 0 Å². The van der Waals surface area contributed by atoms with Gasteiger partial charge in [0.1, 0.15) is 24.0 Å². The number of hydrogen-bond donors (Lipinski definition) is 2. The Balaban J connectivity index is 1.77. The van der Waals surface area contributed by atoms with E-state index in [1.54, 1.807) is 11.8 Å². The number of methoxy groups -OCH3 is 1. The summed E-state index contributed by atoms with van der Waals surface area (Å²) in [6.45, 7) is 8.11. The molecule has 1 amide bonds. The third kappa shape index (κ3) is 3.35. The van der Waals surface area contributed by atoms with Crippen molar-refractivity contribution in [2.75, 3.05) is 17.7 Å². The van der Waals surface area contributed by atoms with Crippen molar-refractivity contribution in [1.82, 2.24) is 14.8 Å². The number of aromatic nitrogens is 3. The summed E-state index contributed by atoms with van der Waals surface area (Å²) >= 11 is 0. The molecule has 29 heavy (non-hydrogen) atoms. The Kier molecular flexibility index (Phi) is 4.80. The predicted octanol–water partition coefficient (Wildman–Crippen LogP) is 3.69. The molecule has 0 bridgehead atoms. The quantitative estimate of drug-likeness (QED) is 0.711. The van der Waals surface area contributed by atoms with Crippen molar-refractivity contribution in [2.45, 2.75) is 19.9 Å². The average Bonchev–Trinajstić information content (AvgIpc) is 3.17. The molecule has 1 aliphatic heterocycles. The van der Waals surface area contributed by atoms with E-state index in [9.17, 15) is 4.79 Å². The summed E-state index contributed by atoms with van der Waals surface area (Å²) in [6.07, 6.45) is 1.46. The molecule has 0 radical (unpaired) electrons. The Morgan fingerprint density at radius 1 is 1.24 bits per heavy atom. The molecule has 0 saturated carbocycles. The first kappa shape index (κ1) is 18.7. The van der Waals surface area contributed by atoms with Crippen LogP contribution in [0.15, 0.2) is 61.1 Å². The number of benzene rings is 2. The molecule has 0 spiro atoms. The highest BCUT2D eigenvalue weighted by molar-refractivity contribution is 5.96. The van der Waals surface area contributed by atoms with Gasteiger partial charge in [0.05, 0.1) is 7.11 Å². The minimum absolute atomic E-state index is 0.175. The van der Waals surface area contributed by atoms with E-state index in [0.29, 0.717) is 17.4 Å². The summed E-state index contributed by atoms with van der Waals surface area (Å²) in [5.74, 6) is 0.437. The van der Waals surface area contributed by atoms with E-state index in [1.165, 1.54) is 6.33 Å². The highest BCUT2D eigenvalue weighted by Crippen LogP contribution is 2.41. The third-order valence-electron chi connectivity index (χ3n) is 5.18. The van der Waals surface area contributed by atoms with Gasteiger partial charge >= 0.3 is 0 Å². The summed E-state index contributed by atoms with van der Waals surface area (Å²) in [5.41, 5.74) is 4.32. The zero-order chi connectivity index (χ0) is 20.5. The third-order valence-corrected chi connectivity index (χ3v) is 5.18. The van der Waals surface area contributed by atoms with Crippen molar-refractivity contribution in [1.29, 1.82) is 0 Å². The van der Waals surface area contributed by atoms with E-state index in [0.717, 1.165) is 22.4 Å². The number of aryl methyl sites for hydroxylation is 2. The highest BCUT2D eigenvalue weighted by Gasteiger charge is 2.40. The van der Waals surface area contributed by atoms with E-state index in [4.69, 9.17) is 4.74 Å². The van der Waals surface area contributed by atoms with Gasteiger partial charge in [-0.25, -0.2) is 4.68 Å². The molecular formula is C22H23N5O2. The van der Waals surface area contributed by atoms with E-state index < -0.39 is 12.0 Å². The van der Waals surface area contributed by atoms with Crippen LogP contribution in [0.3, 0.4) is 0 Å². The molecule has 4 rings (SSSR count). The zero-order valence-electron chi connectivity index (χ0n) is 16.6. The lowest BCUT2D eigenvalue weighted by Crippen LogP contribution is -2.39. The predicted molar refractivity (Wildman–Crippen MR) is 112 cm³/mol. The Hall–Kier alpha value is -3.61. The molecule has 7 nitrogen and oxygen atoms in total. The number of amides is 1. The molecule has 1 aromatic heterocycles. The number of fused-ring (bicyclic) bond motifs is 1. The van der Waals surface area contributed by atoms with Crippen LogP contribution in [0.2, 0.25) is 0 Å². The molecule has 0 unspecified atom stereocenters. The number of anilines is 2. The second-order valence-electron chi connectivity index (χ2n) is 7.15. The number of rotatable bonds is 4. The van der Waals surface area contributed by atoms with E-state index >= 15 is 0 Å². The molecule has 2 atom stereocenters. The van der Waals surface area contributed by atoms with Crippen molar-refractivity contribution in [3.05, 3.63) is 77.8 Å². The molecule has 2 heterocycles. The first-order chi connectivity index (χ1) is 14.0. The van der Waals surface area contributed by atoms with Gasteiger partial charge in [0, 0.05) is 16.9 Å². The molecule has 2 N–H and O–H groups in total. The molecule has 3 aromatic rings. The van der Waals surface area contributed by atoms with Crippen LogP contribution in [0, 0.1) is 19.8 Å². The number of carbonyl (C=O) groups excluding carboxylic acids is 1. The van der Waals surface area contributed by atoms with E-state index in [-0.39, 0.29) is 5.91 Å². The summed E-state index contributed by atoms with van der Waals surface area (Å²) in [5, 5.41) is 10.5. The fraction of sp³-hybridized carbons (Fsp3) is 0.227. The van der Waals surface area contributed by atoms with Crippen LogP contribution >= 0.6 is 0 Å². The highest BCUT2D eigenvalue weighted by atomic mass is 16.5. The molecular weight excluding hydrogens is 366 g/mol. The van der Waals surface area contributed by atoms with Gasteiger partial charge in [0.15, 0.2) is 0 Å².